The molecule has 0 spiro atoms. The standard InChI is InChI=1S/C8H8.Cr.2HI/c1-2-4-6-8-7-5-3-1;;;/h1-8H;;2*1H/q;+2;;/p-2. The summed E-state index contributed by atoms with van der Waals surface area (Å²) in [6, 6.07) is 0. The largest absolute Gasteiger partial charge is 2.00 e. The minimum absolute atomic E-state index is 0. The van der Waals surface area contributed by atoms with Gasteiger partial charge in [0.1, 0.15) is 0 Å². The SMILES string of the molecule is C1=CC=CC=CC=C1.[Cr+2].[I-].[I-]. The van der Waals surface area contributed by atoms with Crippen LogP contribution in [0.3, 0.4) is 0 Å². The molecule has 0 nitrogen and oxygen atoms in total. The van der Waals surface area contributed by atoms with Crippen molar-refractivity contribution in [2.45, 2.75) is 0 Å². The van der Waals surface area contributed by atoms with Gasteiger partial charge in [0, 0.05) is 0 Å². The van der Waals surface area contributed by atoms with Crippen LogP contribution in [-0.4, -0.2) is 0 Å². The average Bonchev–Trinajstić information content (AvgIpc) is 1.62. The molecule has 0 unspecified atom stereocenters. The second kappa shape index (κ2) is 13.5. The zero-order chi connectivity index (χ0) is 5.66. The van der Waals surface area contributed by atoms with E-state index in [2.05, 4.69) is 0 Å². The molecule has 0 aliphatic heterocycles. The van der Waals surface area contributed by atoms with Crippen molar-refractivity contribution in [3.63, 3.8) is 0 Å². The van der Waals surface area contributed by atoms with Gasteiger partial charge in [0.2, 0.25) is 0 Å². The summed E-state index contributed by atoms with van der Waals surface area (Å²) < 4.78 is 0. The molecule has 11 heavy (non-hydrogen) atoms. The Kier molecular flexibility index (Phi) is 22.0. The van der Waals surface area contributed by atoms with E-state index < -0.39 is 0 Å². The summed E-state index contributed by atoms with van der Waals surface area (Å²) >= 11 is 0. The summed E-state index contributed by atoms with van der Waals surface area (Å²) in [5, 5.41) is 0. The van der Waals surface area contributed by atoms with Gasteiger partial charge in [0.15, 0.2) is 0 Å². The van der Waals surface area contributed by atoms with Crippen LogP contribution >= 0.6 is 0 Å². The third kappa shape index (κ3) is 11.0. The summed E-state index contributed by atoms with van der Waals surface area (Å²) in [5.41, 5.74) is 0. The third-order valence-corrected chi connectivity index (χ3v) is 0.889. The smallest absolute Gasteiger partial charge is 1.00 e. The van der Waals surface area contributed by atoms with Crippen LogP contribution in [0.5, 0.6) is 0 Å². The maximum Gasteiger partial charge on any atom is 2.00 e. The first kappa shape index (κ1) is 17.9. The average molecular weight is 410 g/mol. The first-order chi connectivity index (χ1) is 4.00. The van der Waals surface area contributed by atoms with Crippen molar-refractivity contribution in [2.75, 3.05) is 0 Å². The molecular formula is C8H8CrI2. The van der Waals surface area contributed by atoms with E-state index in [1.54, 1.807) is 0 Å². The molecule has 0 amide bonds. The predicted molar refractivity (Wildman–Crippen MR) is 36.6 cm³/mol. The summed E-state index contributed by atoms with van der Waals surface area (Å²) in [4.78, 5) is 0. The minimum atomic E-state index is 0. The van der Waals surface area contributed by atoms with E-state index in [-0.39, 0.29) is 65.3 Å². The Hall–Kier alpha value is 0.952. The van der Waals surface area contributed by atoms with Crippen LogP contribution in [0.4, 0.5) is 0 Å². The molecule has 0 saturated heterocycles. The molecule has 0 aromatic carbocycles. The van der Waals surface area contributed by atoms with Crippen LogP contribution in [0.15, 0.2) is 48.6 Å². The summed E-state index contributed by atoms with van der Waals surface area (Å²) in [7, 11) is 0. The van der Waals surface area contributed by atoms with E-state index in [1.165, 1.54) is 0 Å². The zero-order valence-corrected chi connectivity index (χ0v) is 11.4. The molecule has 0 saturated carbocycles. The Labute approximate surface area is 113 Å². The fourth-order valence-electron chi connectivity index (χ4n) is 0.513. The Balaban J connectivity index is -0.000000213. The van der Waals surface area contributed by atoms with Crippen molar-refractivity contribution in [1.82, 2.24) is 0 Å². The fraction of sp³-hybridized carbons (Fsp3) is 0. The minimum Gasteiger partial charge on any atom is -1.00 e. The van der Waals surface area contributed by atoms with Gasteiger partial charge in [-0.1, -0.05) is 48.6 Å². The molecule has 60 valence electrons. The van der Waals surface area contributed by atoms with E-state index in [0.29, 0.717) is 0 Å². The summed E-state index contributed by atoms with van der Waals surface area (Å²) in [5.74, 6) is 0. The summed E-state index contributed by atoms with van der Waals surface area (Å²) in [6.07, 6.45) is 16.0. The van der Waals surface area contributed by atoms with Gasteiger partial charge in [-0.25, -0.2) is 0 Å². The van der Waals surface area contributed by atoms with Gasteiger partial charge < -0.3 is 48.0 Å². The number of hydrogen-bond donors (Lipinski definition) is 0. The molecular weight excluding hydrogens is 402 g/mol. The molecule has 1 rings (SSSR count). The van der Waals surface area contributed by atoms with Crippen LogP contribution in [0.25, 0.3) is 0 Å². The van der Waals surface area contributed by atoms with Gasteiger partial charge in [-0.2, -0.15) is 0 Å². The second-order valence-corrected chi connectivity index (χ2v) is 1.54. The van der Waals surface area contributed by atoms with Gasteiger partial charge >= 0.3 is 17.4 Å². The van der Waals surface area contributed by atoms with Gasteiger partial charge in [0.25, 0.3) is 0 Å². The van der Waals surface area contributed by atoms with Crippen LogP contribution < -0.4 is 48.0 Å². The maximum absolute atomic E-state index is 2.00. The Morgan fingerprint density at radius 3 is 0.545 bits per heavy atom. The van der Waals surface area contributed by atoms with Crippen LogP contribution in [0.1, 0.15) is 0 Å². The van der Waals surface area contributed by atoms with Crippen molar-refractivity contribution < 1.29 is 65.3 Å². The molecule has 0 aromatic heterocycles. The number of rotatable bonds is 0. The van der Waals surface area contributed by atoms with Gasteiger partial charge in [-0.3, -0.25) is 0 Å². The van der Waals surface area contributed by atoms with Crippen molar-refractivity contribution in [2.24, 2.45) is 0 Å². The van der Waals surface area contributed by atoms with Gasteiger partial charge in [-0.15, -0.1) is 0 Å². The molecule has 3 heteroatoms. The number of halogens is 2. The van der Waals surface area contributed by atoms with Crippen molar-refractivity contribution in [3.8, 4) is 0 Å². The van der Waals surface area contributed by atoms with Crippen LogP contribution in [0, 0.1) is 0 Å². The van der Waals surface area contributed by atoms with Crippen molar-refractivity contribution in [1.29, 1.82) is 0 Å². The summed E-state index contributed by atoms with van der Waals surface area (Å²) in [6.45, 7) is 0. The monoisotopic (exact) mass is 410 g/mol. The molecule has 0 N–H and O–H groups in total. The molecule has 0 fully saturated rings. The van der Waals surface area contributed by atoms with Gasteiger partial charge in [0.05, 0.1) is 0 Å². The molecule has 0 bridgehead atoms. The Morgan fingerprint density at radius 1 is 0.364 bits per heavy atom. The zero-order valence-electron chi connectivity index (χ0n) is 5.78. The topological polar surface area (TPSA) is 0 Å². The van der Waals surface area contributed by atoms with Crippen molar-refractivity contribution >= 4 is 0 Å². The van der Waals surface area contributed by atoms with E-state index in [1.807, 2.05) is 48.6 Å². The third-order valence-electron chi connectivity index (χ3n) is 0.889. The van der Waals surface area contributed by atoms with E-state index in [4.69, 9.17) is 0 Å². The van der Waals surface area contributed by atoms with E-state index in [0.717, 1.165) is 0 Å². The predicted octanol–water partition coefficient (Wildman–Crippen LogP) is -3.77. The molecule has 1 aliphatic carbocycles. The fourth-order valence-corrected chi connectivity index (χ4v) is 0.513. The molecule has 1 aliphatic rings. The van der Waals surface area contributed by atoms with Crippen LogP contribution in [-0.2, 0) is 17.4 Å². The molecule has 0 radical (unpaired) electrons. The Bertz CT molecular complexity index is 113. The van der Waals surface area contributed by atoms with Crippen LogP contribution in [0.2, 0.25) is 0 Å². The molecule has 0 atom stereocenters. The number of allylic oxidation sites excluding steroid dienone is 8. The van der Waals surface area contributed by atoms with E-state index in [9.17, 15) is 0 Å². The molecule has 0 heterocycles. The quantitative estimate of drug-likeness (QED) is 0.360. The first-order valence-electron chi connectivity index (χ1n) is 2.67. The normalized spacial score (nSPS) is 11.6. The van der Waals surface area contributed by atoms with Gasteiger partial charge in [-0.05, 0) is 0 Å². The van der Waals surface area contributed by atoms with Crippen molar-refractivity contribution in [3.05, 3.63) is 48.6 Å². The second-order valence-electron chi connectivity index (χ2n) is 1.54. The Morgan fingerprint density at radius 2 is 0.455 bits per heavy atom. The first-order valence-corrected chi connectivity index (χ1v) is 2.67. The molecule has 0 aromatic rings. The van der Waals surface area contributed by atoms with E-state index >= 15 is 0 Å². The maximum atomic E-state index is 2.00. The number of hydrogen-bond acceptors (Lipinski definition) is 0.